The lowest BCUT2D eigenvalue weighted by Gasteiger charge is -2.10. The number of halogens is 2. The number of fused-ring (bicyclic) bond motifs is 1. The highest BCUT2D eigenvalue weighted by molar-refractivity contribution is 6.37. The molecule has 22 heavy (non-hydrogen) atoms. The first-order valence-corrected chi connectivity index (χ1v) is 7.48. The highest BCUT2D eigenvalue weighted by Gasteiger charge is 2.05. The van der Waals surface area contributed by atoms with E-state index < -0.39 is 0 Å². The predicted octanol–water partition coefficient (Wildman–Crippen LogP) is 4.97. The molecule has 0 unspecified atom stereocenters. The van der Waals surface area contributed by atoms with Gasteiger partial charge in [0.15, 0.2) is 0 Å². The summed E-state index contributed by atoms with van der Waals surface area (Å²) in [5.41, 5.74) is 0. The second kappa shape index (κ2) is 8.06. The lowest BCUT2D eigenvalue weighted by molar-refractivity contribution is 0.304. The van der Waals surface area contributed by atoms with E-state index in [9.17, 15) is 0 Å². The van der Waals surface area contributed by atoms with Crippen molar-refractivity contribution < 1.29 is 4.74 Å². The number of aryl methyl sites for hydroxylation is 1. The SMILES string of the molecule is Cl.Clc1c(OCCCCn2ccnc2)ccc2ccccc12. The molecule has 3 nitrogen and oxygen atoms in total. The number of hydrogen-bond acceptors (Lipinski definition) is 2. The number of unbranched alkanes of at least 4 members (excludes halogenated alkanes) is 1. The van der Waals surface area contributed by atoms with Crippen molar-refractivity contribution in [3.63, 3.8) is 0 Å². The molecule has 116 valence electrons. The highest BCUT2D eigenvalue weighted by atomic mass is 35.5. The van der Waals surface area contributed by atoms with E-state index >= 15 is 0 Å². The van der Waals surface area contributed by atoms with Gasteiger partial charge in [-0.1, -0.05) is 41.9 Å². The molecule has 3 rings (SSSR count). The van der Waals surface area contributed by atoms with Gasteiger partial charge in [0.2, 0.25) is 0 Å². The minimum Gasteiger partial charge on any atom is -0.492 e. The second-order valence-corrected chi connectivity index (χ2v) is 5.33. The van der Waals surface area contributed by atoms with E-state index in [1.54, 1.807) is 6.20 Å². The number of imidazole rings is 1. The molecule has 3 aromatic rings. The quantitative estimate of drug-likeness (QED) is 0.594. The molecule has 0 spiro atoms. The predicted molar refractivity (Wildman–Crippen MR) is 93.2 cm³/mol. The molecule has 5 heteroatoms. The highest BCUT2D eigenvalue weighted by Crippen LogP contribution is 2.32. The van der Waals surface area contributed by atoms with Crippen LogP contribution in [0, 0.1) is 0 Å². The van der Waals surface area contributed by atoms with Gasteiger partial charge in [-0.25, -0.2) is 4.98 Å². The third-order valence-electron chi connectivity index (χ3n) is 3.46. The summed E-state index contributed by atoms with van der Waals surface area (Å²) >= 11 is 6.40. The maximum Gasteiger partial charge on any atom is 0.138 e. The molecule has 0 aliphatic carbocycles. The summed E-state index contributed by atoms with van der Waals surface area (Å²) in [5, 5.41) is 2.87. The van der Waals surface area contributed by atoms with Gasteiger partial charge in [0.05, 0.1) is 18.0 Å². The number of nitrogens with zero attached hydrogens (tertiary/aromatic N) is 2. The molecule has 0 aliphatic heterocycles. The fourth-order valence-corrected chi connectivity index (χ4v) is 2.61. The van der Waals surface area contributed by atoms with E-state index in [0.717, 1.165) is 35.9 Å². The zero-order chi connectivity index (χ0) is 14.5. The molecule has 0 radical (unpaired) electrons. The summed E-state index contributed by atoms with van der Waals surface area (Å²) in [6.45, 7) is 1.64. The van der Waals surface area contributed by atoms with Crippen LogP contribution in [0.15, 0.2) is 55.1 Å². The van der Waals surface area contributed by atoms with E-state index in [4.69, 9.17) is 16.3 Å². The van der Waals surface area contributed by atoms with Gasteiger partial charge < -0.3 is 9.30 Å². The van der Waals surface area contributed by atoms with Crippen LogP contribution in [0.2, 0.25) is 5.02 Å². The van der Waals surface area contributed by atoms with E-state index in [1.807, 2.05) is 42.9 Å². The molecule has 0 saturated carbocycles. The Kier molecular flexibility index (Phi) is 6.10. The molecular weight excluding hydrogens is 319 g/mol. The Morgan fingerprint density at radius 1 is 1.09 bits per heavy atom. The number of hydrogen-bond donors (Lipinski definition) is 0. The zero-order valence-electron chi connectivity index (χ0n) is 12.1. The first-order valence-electron chi connectivity index (χ1n) is 7.10. The van der Waals surface area contributed by atoms with Gasteiger partial charge in [-0.05, 0) is 24.3 Å². The largest absolute Gasteiger partial charge is 0.492 e. The van der Waals surface area contributed by atoms with E-state index in [-0.39, 0.29) is 12.4 Å². The lowest BCUT2D eigenvalue weighted by atomic mass is 10.1. The Hall–Kier alpha value is -1.71. The maximum atomic E-state index is 6.40. The van der Waals surface area contributed by atoms with Crippen LogP contribution >= 0.6 is 24.0 Å². The van der Waals surface area contributed by atoms with Crippen molar-refractivity contribution in [1.29, 1.82) is 0 Å². The smallest absolute Gasteiger partial charge is 0.138 e. The first-order chi connectivity index (χ1) is 10.3. The van der Waals surface area contributed by atoms with Crippen LogP contribution in [0.3, 0.4) is 0 Å². The second-order valence-electron chi connectivity index (χ2n) is 4.95. The fraction of sp³-hybridized carbons (Fsp3) is 0.235. The summed E-state index contributed by atoms with van der Waals surface area (Å²) in [6.07, 6.45) is 7.65. The molecule has 0 N–H and O–H groups in total. The minimum absolute atomic E-state index is 0. The molecule has 0 fully saturated rings. The van der Waals surface area contributed by atoms with Crippen LogP contribution in [-0.4, -0.2) is 16.2 Å². The Morgan fingerprint density at radius 3 is 2.77 bits per heavy atom. The van der Waals surface area contributed by atoms with Crippen molar-refractivity contribution in [3.05, 3.63) is 60.1 Å². The molecule has 1 aromatic heterocycles. The topological polar surface area (TPSA) is 27.1 Å². The maximum absolute atomic E-state index is 6.40. The van der Waals surface area contributed by atoms with Crippen molar-refractivity contribution in [2.75, 3.05) is 6.61 Å². The zero-order valence-corrected chi connectivity index (χ0v) is 13.7. The van der Waals surface area contributed by atoms with Crippen LogP contribution in [0.25, 0.3) is 10.8 Å². The summed E-state index contributed by atoms with van der Waals surface area (Å²) in [7, 11) is 0. The van der Waals surface area contributed by atoms with Gasteiger partial charge in [-0.15, -0.1) is 12.4 Å². The van der Waals surface area contributed by atoms with Gasteiger partial charge in [-0.2, -0.15) is 0 Å². The van der Waals surface area contributed by atoms with Gasteiger partial charge >= 0.3 is 0 Å². The third-order valence-corrected chi connectivity index (χ3v) is 3.85. The van der Waals surface area contributed by atoms with Gasteiger partial charge in [-0.3, -0.25) is 0 Å². The summed E-state index contributed by atoms with van der Waals surface area (Å²) < 4.78 is 7.88. The van der Waals surface area contributed by atoms with Crippen molar-refractivity contribution >= 4 is 34.8 Å². The fourth-order valence-electron chi connectivity index (χ4n) is 2.32. The van der Waals surface area contributed by atoms with Crippen molar-refractivity contribution in [3.8, 4) is 5.75 Å². The molecule has 0 atom stereocenters. The Labute approximate surface area is 141 Å². The monoisotopic (exact) mass is 336 g/mol. The van der Waals surface area contributed by atoms with E-state index in [0.29, 0.717) is 11.6 Å². The van der Waals surface area contributed by atoms with E-state index in [1.165, 1.54) is 0 Å². The minimum atomic E-state index is 0. The molecular formula is C17H18Cl2N2O. The van der Waals surface area contributed by atoms with Crippen LogP contribution in [0.4, 0.5) is 0 Å². The van der Waals surface area contributed by atoms with Crippen LogP contribution in [0.1, 0.15) is 12.8 Å². The molecule has 0 bridgehead atoms. The number of ether oxygens (including phenoxy) is 1. The lowest BCUT2D eigenvalue weighted by Crippen LogP contribution is -2.01. The third kappa shape index (κ3) is 3.93. The normalized spacial score (nSPS) is 10.4. The average Bonchev–Trinajstić information content (AvgIpc) is 3.03. The molecule has 0 aliphatic rings. The Balaban J connectivity index is 0.00000176. The Morgan fingerprint density at radius 2 is 1.95 bits per heavy atom. The van der Waals surface area contributed by atoms with Gasteiger partial charge in [0.1, 0.15) is 5.75 Å². The van der Waals surface area contributed by atoms with Gasteiger partial charge in [0, 0.05) is 24.3 Å². The first kappa shape index (κ1) is 16.7. The average molecular weight is 337 g/mol. The van der Waals surface area contributed by atoms with Crippen molar-refractivity contribution in [2.45, 2.75) is 19.4 Å². The number of benzene rings is 2. The van der Waals surface area contributed by atoms with Crippen molar-refractivity contribution in [2.24, 2.45) is 0 Å². The number of rotatable bonds is 6. The van der Waals surface area contributed by atoms with Gasteiger partial charge in [0.25, 0.3) is 0 Å². The summed E-state index contributed by atoms with van der Waals surface area (Å²) in [6, 6.07) is 12.1. The van der Waals surface area contributed by atoms with Crippen LogP contribution in [-0.2, 0) is 6.54 Å². The Bertz CT molecular complexity index is 714. The van der Waals surface area contributed by atoms with E-state index in [2.05, 4.69) is 15.6 Å². The summed E-state index contributed by atoms with van der Waals surface area (Å²) in [4.78, 5) is 4.02. The molecule has 0 amide bonds. The molecule has 1 heterocycles. The standard InChI is InChI=1S/C17H17ClN2O.ClH/c18-17-15-6-2-1-5-14(15)7-8-16(17)21-12-4-3-10-20-11-9-19-13-20;/h1-2,5-9,11,13H,3-4,10,12H2;1H. The van der Waals surface area contributed by atoms with Crippen molar-refractivity contribution in [1.82, 2.24) is 9.55 Å². The molecule has 2 aromatic carbocycles. The van der Waals surface area contributed by atoms with Crippen LogP contribution in [0.5, 0.6) is 5.75 Å². The molecule has 0 saturated heterocycles. The summed E-state index contributed by atoms with van der Waals surface area (Å²) in [5.74, 6) is 0.762. The van der Waals surface area contributed by atoms with Crippen LogP contribution < -0.4 is 4.74 Å². The number of aromatic nitrogens is 2.